The molecule has 0 radical (unpaired) electrons. The largest absolute Gasteiger partial charge is 0.458 e. The molecule has 0 unspecified atom stereocenters. The summed E-state index contributed by atoms with van der Waals surface area (Å²) in [6, 6.07) is 5.76. The standard InChI is InChI=1S/C22H27NO5/c1-22(2,3)28-21(25)19-13-23(7-8-26-19)12-16-11-20(24)27-18-10-15-6-4-5-14(15)9-17(16)18/h9-11,19H,4-8,12-13H2,1-3H3/t19-/m0/s1. The Hall–Kier alpha value is -2.18. The van der Waals surface area contributed by atoms with E-state index in [2.05, 4.69) is 11.0 Å². The van der Waals surface area contributed by atoms with Gasteiger partial charge in [-0.1, -0.05) is 0 Å². The van der Waals surface area contributed by atoms with Crippen LogP contribution in [0.2, 0.25) is 0 Å². The number of rotatable bonds is 3. The third-order valence-corrected chi connectivity index (χ3v) is 5.26. The number of fused-ring (bicyclic) bond motifs is 2. The van der Waals surface area contributed by atoms with Gasteiger partial charge >= 0.3 is 11.6 Å². The lowest BCUT2D eigenvalue weighted by atomic mass is 10.0. The minimum atomic E-state index is -0.608. The van der Waals surface area contributed by atoms with Crippen LogP contribution in [-0.2, 0) is 33.7 Å². The Bertz CT molecular complexity index is 956. The summed E-state index contributed by atoms with van der Waals surface area (Å²) in [5.41, 5.74) is 3.33. The lowest BCUT2D eigenvalue weighted by Crippen LogP contribution is -2.47. The van der Waals surface area contributed by atoms with Gasteiger partial charge in [-0.25, -0.2) is 9.59 Å². The Morgan fingerprint density at radius 1 is 1.21 bits per heavy atom. The third-order valence-electron chi connectivity index (χ3n) is 5.26. The maximum absolute atomic E-state index is 12.4. The van der Waals surface area contributed by atoms with Gasteiger partial charge in [0, 0.05) is 31.1 Å². The molecule has 1 aliphatic heterocycles. The first kappa shape index (κ1) is 19.2. The van der Waals surface area contributed by atoms with Crippen molar-refractivity contribution in [2.24, 2.45) is 0 Å². The van der Waals surface area contributed by atoms with E-state index in [0.717, 1.165) is 30.2 Å². The summed E-state index contributed by atoms with van der Waals surface area (Å²) in [5, 5.41) is 0.987. The summed E-state index contributed by atoms with van der Waals surface area (Å²) in [6.07, 6.45) is 2.65. The number of nitrogens with zero attached hydrogens (tertiary/aromatic N) is 1. The van der Waals surface area contributed by atoms with Crippen LogP contribution < -0.4 is 5.63 Å². The molecule has 4 rings (SSSR count). The highest BCUT2D eigenvalue weighted by Gasteiger charge is 2.31. The monoisotopic (exact) mass is 385 g/mol. The maximum atomic E-state index is 12.4. The molecule has 1 aromatic carbocycles. The Morgan fingerprint density at radius 3 is 2.71 bits per heavy atom. The lowest BCUT2D eigenvalue weighted by molar-refractivity contribution is -0.174. The molecule has 0 N–H and O–H groups in total. The molecule has 6 heteroatoms. The molecule has 1 aromatic heterocycles. The van der Waals surface area contributed by atoms with Crippen molar-refractivity contribution >= 4 is 16.9 Å². The second-order valence-corrected chi connectivity index (χ2v) is 8.69. The average molecular weight is 385 g/mol. The number of hydrogen-bond donors (Lipinski definition) is 0. The minimum Gasteiger partial charge on any atom is -0.458 e. The van der Waals surface area contributed by atoms with Crippen LogP contribution in [0.4, 0.5) is 0 Å². The zero-order valence-electron chi connectivity index (χ0n) is 16.7. The topological polar surface area (TPSA) is 69.0 Å². The number of ether oxygens (including phenoxy) is 2. The quantitative estimate of drug-likeness (QED) is 0.598. The molecule has 2 heterocycles. The van der Waals surface area contributed by atoms with E-state index in [9.17, 15) is 9.59 Å². The Kier molecular flexibility index (Phi) is 5.02. The van der Waals surface area contributed by atoms with Crippen LogP contribution in [0.15, 0.2) is 27.4 Å². The van der Waals surface area contributed by atoms with E-state index in [1.165, 1.54) is 11.1 Å². The zero-order chi connectivity index (χ0) is 19.9. The first-order valence-electron chi connectivity index (χ1n) is 9.94. The molecule has 1 aliphatic carbocycles. The van der Waals surface area contributed by atoms with Gasteiger partial charge < -0.3 is 13.9 Å². The van der Waals surface area contributed by atoms with Gasteiger partial charge in [0.25, 0.3) is 0 Å². The Balaban J connectivity index is 1.56. The SMILES string of the molecule is CC(C)(C)OC(=O)[C@@H]1CN(Cc2cc(=O)oc3cc4c(cc23)CCC4)CCO1. The van der Waals surface area contributed by atoms with Crippen LogP contribution >= 0.6 is 0 Å². The van der Waals surface area contributed by atoms with Crippen molar-refractivity contribution in [1.29, 1.82) is 0 Å². The van der Waals surface area contributed by atoms with Gasteiger partial charge in [0.05, 0.1) is 6.61 Å². The number of hydrogen-bond acceptors (Lipinski definition) is 6. The smallest absolute Gasteiger partial charge is 0.337 e. The van der Waals surface area contributed by atoms with Gasteiger partial charge in [-0.05, 0) is 68.9 Å². The average Bonchev–Trinajstić information content (AvgIpc) is 3.06. The molecule has 6 nitrogen and oxygen atoms in total. The van der Waals surface area contributed by atoms with Crippen molar-refractivity contribution in [2.75, 3.05) is 19.7 Å². The van der Waals surface area contributed by atoms with E-state index in [4.69, 9.17) is 13.9 Å². The minimum absolute atomic E-state index is 0.336. The normalized spacial score (nSPS) is 20.3. The summed E-state index contributed by atoms with van der Waals surface area (Å²) in [6.45, 7) is 7.72. The van der Waals surface area contributed by atoms with Gasteiger partial charge in [-0.15, -0.1) is 0 Å². The summed E-state index contributed by atoms with van der Waals surface area (Å²) in [4.78, 5) is 26.6. The van der Waals surface area contributed by atoms with Crippen LogP contribution in [-0.4, -0.2) is 42.3 Å². The molecule has 2 aliphatic rings. The van der Waals surface area contributed by atoms with Gasteiger partial charge in [-0.3, -0.25) is 4.90 Å². The fourth-order valence-electron chi connectivity index (χ4n) is 4.02. The molecular weight excluding hydrogens is 358 g/mol. The molecule has 1 atom stereocenters. The molecule has 1 saturated heterocycles. The zero-order valence-corrected chi connectivity index (χ0v) is 16.7. The Morgan fingerprint density at radius 2 is 1.96 bits per heavy atom. The molecule has 0 bridgehead atoms. The second kappa shape index (κ2) is 7.33. The van der Waals surface area contributed by atoms with Crippen molar-refractivity contribution in [2.45, 2.75) is 58.3 Å². The highest BCUT2D eigenvalue weighted by molar-refractivity contribution is 5.82. The Labute approximate surface area is 164 Å². The predicted octanol–water partition coefficient (Wildman–Crippen LogP) is 2.82. The third kappa shape index (κ3) is 4.13. The highest BCUT2D eigenvalue weighted by atomic mass is 16.6. The summed E-state index contributed by atoms with van der Waals surface area (Å²) in [5.74, 6) is -0.340. The summed E-state index contributed by atoms with van der Waals surface area (Å²) >= 11 is 0. The van der Waals surface area contributed by atoms with Crippen LogP contribution in [0.3, 0.4) is 0 Å². The fourth-order valence-corrected chi connectivity index (χ4v) is 4.02. The highest BCUT2D eigenvalue weighted by Crippen LogP contribution is 2.29. The molecule has 150 valence electrons. The first-order valence-corrected chi connectivity index (χ1v) is 9.94. The van der Waals surface area contributed by atoms with Crippen molar-refractivity contribution in [3.63, 3.8) is 0 Å². The number of carbonyl (C=O) groups is 1. The fraction of sp³-hybridized carbons (Fsp3) is 0.545. The molecule has 1 fully saturated rings. The van der Waals surface area contributed by atoms with E-state index in [1.807, 2.05) is 26.8 Å². The number of carbonyl (C=O) groups excluding carboxylic acids is 1. The van der Waals surface area contributed by atoms with Gasteiger partial charge in [0.15, 0.2) is 6.10 Å². The molecule has 0 saturated carbocycles. The van der Waals surface area contributed by atoms with E-state index in [1.54, 1.807) is 6.07 Å². The van der Waals surface area contributed by atoms with Crippen LogP contribution in [0, 0.1) is 0 Å². The first-order chi connectivity index (χ1) is 13.3. The van der Waals surface area contributed by atoms with Gasteiger partial charge in [0.1, 0.15) is 11.2 Å². The summed E-state index contributed by atoms with van der Waals surface area (Å²) in [7, 11) is 0. The van der Waals surface area contributed by atoms with Crippen molar-refractivity contribution in [3.8, 4) is 0 Å². The number of aryl methyl sites for hydroxylation is 2. The van der Waals surface area contributed by atoms with Crippen molar-refractivity contribution in [1.82, 2.24) is 4.90 Å². The van der Waals surface area contributed by atoms with E-state index in [-0.39, 0.29) is 11.6 Å². The molecule has 2 aromatic rings. The van der Waals surface area contributed by atoms with Gasteiger partial charge in [-0.2, -0.15) is 0 Å². The van der Waals surface area contributed by atoms with E-state index < -0.39 is 11.7 Å². The molecule has 0 spiro atoms. The van der Waals surface area contributed by atoms with Gasteiger partial charge in [0.2, 0.25) is 0 Å². The lowest BCUT2D eigenvalue weighted by Gasteiger charge is -2.33. The second-order valence-electron chi connectivity index (χ2n) is 8.69. The van der Waals surface area contributed by atoms with E-state index in [0.29, 0.717) is 31.8 Å². The molecule has 28 heavy (non-hydrogen) atoms. The predicted molar refractivity (Wildman–Crippen MR) is 105 cm³/mol. The van der Waals surface area contributed by atoms with Crippen molar-refractivity contribution < 1.29 is 18.7 Å². The van der Waals surface area contributed by atoms with E-state index >= 15 is 0 Å². The van der Waals surface area contributed by atoms with Crippen molar-refractivity contribution in [3.05, 3.63) is 45.3 Å². The maximum Gasteiger partial charge on any atom is 0.337 e. The molecule has 0 amide bonds. The summed E-state index contributed by atoms with van der Waals surface area (Å²) < 4.78 is 16.5. The number of esters is 1. The van der Waals surface area contributed by atoms with Crippen LogP contribution in [0.5, 0.6) is 0 Å². The molecular formula is C22H27NO5. The van der Waals surface area contributed by atoms with Crippen LogP contribution in [0.1, 0.15) is 43.9 Å². The number of morpholine rings is 1. The number of benzene rings is 1. The van der Waals surface area contributed by atoms with Crippen LogP contribution in [0.25, 0.3) is 11.0 Å².